The molecule has 0 atom stereocenters. The number of allylic oxidation sites excluding steroid dienone is 2. The molecule has 8 heteroatoms. The van der Waals surface area contributed by atoms with Gasteiger partial charge in [0.15, 0.2) is 23.3 Å². The number of aryl methyl sites for hydroxylation is 4. The molecule has 9 rings (SSSR count). The Morgan fingerprint density at radius 2 is 0.588 bits per heavy atom. The van der Waals surface area contributed by atoms with Crippen molar-refractivity contribution >= 4 is 44.9 Å². The number of hydrogen-bond donors (Lipinski definition) is 2. The summed E-state index contributed by atoms with van der Waals surface area (Å²) in [5, 5.41) is 0. The van der Waals surface area contributed by atoms with E-state index in [1.807, 2.05) is 0 Å². The van der Waals surface area contributed by atoms with Crippen molar-refractivity contribution in [1.29, 1.82) is 0 Å². The van der Waals surface area contributed by atoms with Crippen molar-refractivity contribution in [3.8, 4) is 22.3 Å². The summed E-state index contributed by atoms with van der Waals surface area (Å²) in [6.45, 7) is 35.7. The molecule has 2 aliphatic heterocycles. The molecular weight excluding hydrogens is 833 g/mol. The molecular formula is C60H66N8. The third kappa shape index (κ3) is 8.11. The van der Waals surface area contributed by atoms with E-state index < -0.39 is 10.8 Å². The molecule has 2 N–H and O–H groups in total. The number of H-pyrrole nitrogens is 2. The van der Waals surface area contributed by atoms with Crippen LogP contribution in [0.2, 0.25) is 0 Å². The van der Waals surface area contributed by atoms with Crippen molar-refractivity contribution in [1.82, 2.24) is 39.9 Å². The van der Waals surface area contributed by atoms with Gasteiger partial charge in [-0.05, 0) is 93.9 Å². The smallest absolute Gasteiger partial charge is 0.165 e. The highest BCUT2D eigenvalue weighted by molar-refractivity contribution is 6.03. The highest BCUT2D eigenvalue weighted by Gasteiger charge is 2.37. The van der Waals surface area contributed by atoms with Crippen LogP contribution < -0.4 is 0 Å². The van der Waals surface area contributed by atoms with Crippen LogP contribution in [0.25, 0.3) is 67.1 Å². The topological polar surface area (TPSA) is 109 Å². The zero-order valence-electron chi connectivity index (χ0n) is 42.9. The molecule has 0 fully saturated rings. The quantitative estimate of drug-likeness (QED) is 0.182. The third-order valence-corrected chi connectivity index (χ3v) is 13.3. The van der Waals surface area contributed by atoms with E-state index in [1.54, 1.807) is 0 Å². The lowest BCUT2D eigenvalue weighted by Gasteiger charge is -2.23. The van der Waals surface area contributed by atoms with Crippen molar-refractivity contribution in [2.24, 2.45) is 10.8 Å². The second-order valence-electron chi connectivity index (χ2n) is 22.9. The van der Waals surface area contributed by atoms with Crippen molar-refractivity contribution in [3.63, 3.8) is 0 Å². The van der Waals surface area contributed by atoms with Gasteiger partial charge in [-0.25, -0.2) is 29.9 Å². The second-order valence-corrected chi connectivity index (χ2v) is 22.9. The zero-order chi connectivity index (χ0) is 48.8. The zero-order valence-corrected chi connectivity index (χ0v) is 42.9. The van der Waals surface area contributed by atoms with E-state index in [-0.39, 0.29) is 10.8 Å². The number of aromatic amines is 2. The molecule has 0 aliphatic carbocycles. The van der Waals surface area contributed by atoms with Gasteiger partial charge in [0, 0.05) is 44.5 Å². The Kier molecular flexibility index (Phi) is 11.2. The summed E-state index contributed by atoms with van der Waals surface area (Å²) < 4.78 is 0. The van der Waals surface area contributed by atoms with Crippen LogP contribution in [0.1, 0.15) is 151 Å². The minimum atomic E-state index is -0.397. The van der Waals surface area contributed by atoms with Crippen LogP contribution in [0.3, 0.4) is 0 Å². The van der Waals surface area contributed by atoms with Gasteiger partial charge in [0.2, 0.25) is 0 Å². The van der Waals surface area contributed by atoms with Crippen LogP contribution in [0.5, 0.6) is 0 Å². The Hall–Kier alpha value is -6.80. The molecule has 68 heavy (non-hydrogen) atoms. The Morgan fingerprint density at radius 3 is 0.868 bits per heavy atom. The van der Waals surface area contributed by atoms with E-state index in [0.717, 1.165) is 89.1 Å². The first-order valence-corrected chi connectivity index (χ1v) is 24.0. The van der Waals surface area contributed by atoms with Crippen LogP contribution in [0, 0.1) is 38.5 Å². The molecule has 0 spiro atoms. The van der Waals surface area contributed by atoms with Crippen LogP contribution in [-0.2, 0) is 10.8 Å². The van der Waals surface area contributed by atoms with E-state index in [4.69, 9.17) is 29.9 Å². The van der Waals surface area contributed by atoms with Gasteiger partial charge in [-0.2, -0.15) is 0 Å². The largest absolute Gasteiger partial charge is 0.324 e. The van der Waals surface area contributed by atoms with Crippen molar-refractivity contribution in [2.75, 3.05) is 0 Å². The van der Waals surface area contributed by atoms with E-state index in [2.05, 4.69) is 218 Å². The first-order chi connectivity index (χ1) is 31.9. The third-order valence-electron chi connectivity index (χ3n) is 13.3. The molecule has 8 bridgehead atoms. The maximum Gasteiger partial charge on any atom is 0.165 e. The van der Waals surface area contributed by atoms with Gasteiger partial charge >= 0.3 is 0 Å². The molecule has 8 nitrogen and oxygen atoms in total. The Morgan fingerprint density at radius 1 is 0.309 bits per heavy atom. The molecule has 5 heterocycles. The first-order valence-electron chi connectivity index (χ1n) is 24.0. The molecule has 346 valence electrons. The van der Waals surface area contributed by atoms with Crippen LogP contribution >= 0.6 is 0 Å². The number of nitrogens with one attached hydrogen (secondary N) is 2. The molecule has 0 unspecified atom stereocenters. The average Bonchev–Trinajstić information content (AvgIpc) is 3.99. The number of nitrogens with zero attached hydrogens (tertiary/aromatic N) is 6. The molecule has 0 saturated heterocycles. The van der Waals surface area contributed by atoms with Gasteiger partial charge in [0.25, 0.3) is 0 Å². The summed E-state index contributed by atoms with van der Waals surface area (Å²) in [5.74, 6) is 2.42. The van der Waals surface area contributed by atoms with Crippen molar-refractivity contribution in [3.05, 3.63) is 165 Å². The fourth-order valence-corrected chi connectivity index (χ4v) is 10.2. The molecule has 2 aliphatic rings. The first kappa shape index (κ1) is 46.3. The van der Waals surface area contributed by atoms with Gasteiger partial charge in [-0.3, -0.25) is 0 Å². The summed E-state index contributed by atoms with van der Waals surface area (Å²) in [6, 6.07) is 34.2. The Labute approximate surface area is 402 Å². The summed E-state index contributed by atoms with van der Waals surface area (Å²) in [7, 11) is 0. The molecule has 0 saturated carbocycles. The lowest BCUT2D eigenvalue weighted by molar-refractivity contribution is 0.565. The maximum atomic E-state index is 5.71. The van der Waals surface area contributed by atoms with E-state index >= 15 is 0 Å². The lowest BCUT2D eigenvalue weighted by Crippen LogP contribution is -2.13. The molecule has 0 amide bonds. The number of rotatable bonds is 4. The SMILES string of the molecule is Cc1ccccc1C1=C(C(C)(C)C)c2nc1nc1[nH]c(nc3nc(nc4[nH]c(n2)c(-c2ccccc2C)c4C(C)(C)C)C(c2ccccc2C)=C3C(C)(C)C)c(-c2ccccc2C)c1C(C)(C)C. The number of fused-ring (bicyclic) bond motifs is 8. The summed E-state index contributed by atoms with van der Waals surface area (Å²) in [5.41, 5.74) is 18.1. The van der Waals surface area contributed by atoms with Crippen LogP contribution in [-0.4, -0.2) is 39.9 Å². The van der Waals surface area contributed by atoms with Gasteiger partial charge in [0.1, 0.15) is 22.6 Å². The van der Waals surface area contributed by atoms with Gasteiger partial charge < -0.3 is 9.97 Å². The summed E-state index contributed by atoms with van der Waals surface area (Å²) in [4.78, 5) is 41.6. The van der Waals surface area contributed by atoms with Gasteiger partial charge in [-0.15, -0.1) is 0 Å². The number of benzene rings is 4. The predicted octanol–water partition coefficient (Wildman–Crippen LogP) is 15.1. The van der Waals surface area contributed by atoms with E-state index in [9.17, 15) is 0 Å². The summed E-state index contributed by atoms with van der Waals surface area (Å²) >= 11 is 0. The van der Waals surface area contributed by atoms with Crippen molar-refractivity contribution in [2.45, 2.75) is 122 Å². The summed E-state index contributed by atoms with van der Waals surface area (Å²) in [6.07, 6.45) is 0. The standard InChI is InChI=1S/C60H66N8/c1-33-25-17-21-29-37(33)41-45(57(5,6)7)53-61-49(41)65-54-46(58(8,9)10)42(38-30-22-18-26-34(38)2)51(62-54)67-56-48(60(14,15)16)44(40-32-24-20-28-36(40)4)52(64-56)68-55-47(59(11,12)13)43(50(63-55)66-53)39-31-23-19-27-35(39)3/h17-32H,1-16H3,(H2,61,62,63,64,65,66,67,68). The Bertz CT molecular complexity index is 3190. The molecule has 3 aromatic heterocycles. The van der Waals surface area contributed by atoms with Crippen LogP contribution in [0.15, 0.2) is 97.1 Å². The molecule has 0 radical (unpaired) electrons. The minimum Gasteiger partial charge on any atom is -0.324 e. The lowest BCUT2D eigenvalue weighted by atomic mass is 9.80. The maximum absolute atomic E-state index is 5.71. The van der Waals surface area contributed by atoms with Crippen molar-refractivity contribution < 1.29 is 0 Å². The van der Waals surface area contributed by atoms with E-state index in [1.165, 1.54) is 0 Å². The average molecular weight is 899 g/mol. The highest BCUT2D eigenvalue weighted by Crippen LogP contribution is 2.49. The highest BCUT2D eigenvalue weighted by atomic mass is 15.1. The van der Waals surface area contributed by atoms with Crippen LogP contribution in [0.4, 0.5) is 0 Å². The second kappa shape index (κ2) is 16.5. The van der Waals surface area contributed by atoms with E-state index in [0.29, 0.717) is 45.9 Å². The normalized spacial score (nSPS) is 13.8. The monoisotopic (exact) mass is 899 g/mol. The molecule has 4 aromatic carbocycles. The Balaban J connectivity index is 1.62. The predicted molar refractivity (Wildman–Crippen MR) is 283 cm³/mol. The minimum absolute atomic E-state index is 0.385. The van der Waals surface area contributed by atoms with Gasteiger partial charge in [0.05, 0.1) is 0 Å². The fraction of sp³-hybridized carbons (Fsp3) is 0.333. The van der Waals surface area contributed by atoms with Gasteiger partial charge in [-0.1, -0.05) is 180 Å². The number of hydrogen-bond acceptors (Lipinski definition) is 6. The fourth-order valence-electron chi connectivity index (χ4n) is 10.2. The number of aromatic nitrogens is 8. The molecule has 7 aromatic rings.